The standard InChI is InChI=1S/C9H8BrF3O/c1-8(14,9(11,12)13)6-3-2-4-7(10)5-6/h2-5,14H,1H3/t8-/m0/s1. The predicted molar refractivity (Wildman–Crippen MR) is 49.8 cm³/mol. The third-order valence-corrected chi connectivity index (χ3v) is 2.43. The van der Waals surface area contributed by atoms with Crippen molar-refractivity contribution in [1.29, 1.82) is 0 Å². The first-order valence-electron chi connectivity index (χ1n) is 3.80. The Labute approximate surface area is 87.7 Å². The topological polar surface area (TPSA) is 20.2 Å². The summed E-state index contributed by atoms with van der Waals surface area (Å²) in [6.45, 7) is 0.731. The van der Waals surface area contributed by atoms with Gasteiger partial charge in [-0.3, -0.25) is 0 Å². The molecule has 1 aromatic rings. The Kier molecular flexibility index (Phi) is 2.92. The number of alkyl halides is 3. The zero-order chi connectivity index (χ0) is 11.0. The average molecular weight is 269 g/mol. The van der Waals surface area contributed by atoms with Crippen molar-refractivity contribution in [3.05, 3.63) is 34.3 Å². The summed E-state index contributed by atoms with van der Waals surface area (Å²) in [7, 11) is 0. The van der Waals surface area contributed by atoms with Gasteiger partial charge in [0.15, 0.2) is 5.60 Å². The molecule has 0 amide bonds. The lowest BCUT2D eigenvalue weighted by atomic mass is 9.96. The van der Waals surface area contributed by atoms with Crippen LogP contribution in [0.5, 0.6) is 0 Å². The zero-order valence-electron chi connectivity index (χ0n) is 7.27. The summed E-state index contributed by atoms with van der Waals surface area (Å²) in [4.78, 5) is 0. The lowest BCUT2D eigenvalue weighted by molar-refractivity contribution is -0.258. The van der Waals surface area contributed by atoms with E-state index < -0.39 is 11.8 Å². The van der Waals surface area contributed by atoms with E-state index >= 15 is 0 Å². The smallest absolute Gasteiger partial charge is 0.376 e. The second-order valence-electron chi connectivity index (χ2n) is 3.08. The van der Waals surface area contributed by atoms with Crippen LogP contribution >= 0.6 is 15.9 Å². The summed E-state index contributed by atoms with van der Waals surface area (Å²) in [6.07, 6.45) is -4.67. The van der Waals surface area contributed by atoms with E-state index in [0.29, 0.717) is 4.47 Å². The highest BCUT2D eigenvalue weighted by Gasteiger charge is 2.51. The highest BCUT2D eigenvalue weighted by atomic mass is 79.9. The monoisotopic (exact) mass is 268 g/mol. The average Bonchev–Trinajstić information content (AvgIpc) is 2.02. The molecule has 5 heteroatoms. The molecule has 1 aromatic carbocycles. The maximum absolute atomic E-state index is 12.4. The van der Waals surface area contributed by atoms with Gasteiger partial charge in [-0.15, -0.1) is 0 Å². The van der Waals surface area contributed by atoms with Crippen molar-refractivity contribution in [3.8, 4) is 0 Å². The molecule has 78 valence electrons. The number of rotatable bonds is 1. The predicted octanol–water partition coefficient (Wildman–Crippen LogP) is 3.22. The van der Waals surface area contributed by atoms with Crippen LogP contribution in [0.2, 0.25) is 0 Å². The molecule has 0 aromatic heterocycles. The van der Waals surface area contributed by atoms with Gasteiger partial charge in [-0.1, -0.05) is 28.1 Å². The molecule has 0 bridgehead atoms. The third kappa shape index (κ3) is 2.09. The van der Waals surface area contributed by atoms with Crippen LogP contribution in [-0.2, 0) is 5.60 Å². The van der Waals surface area contributed by atoms with Gasteiger partial charge in [0.2, 0.25) is 0 Å². The van der Waals surface area contributed by atoms with Crippen molar-refractivity contribution in [2.75, 3.05) is 0 Å². The molecule has 0 saturated heterocycles. The first-order valence-corrected chi connectivity index (χ1v) is 4.59. The number of hydrogen-bond donors (Lipinski definition) is 1. The van der Waals surface area contributed by atoms with Crippen LogP contribution in [0.3, 0.4) is 0 Å². The van der Waals surface area contributed by atoms with E-state index in [1.807, 2.05) is 0 Å². The molecule has 1 nitrogen and oxygen atoms in total. The summed E-state index contributed by atoms with van der Waals surface area (Å²) in [5, 5.41) is 9.30. The van der Waals surface area contributed by atoms with E-state index in [4.69, 9.17) is 0 Å². The van der Waals surface area contributed by atoms with Gasteiger partial charge in [-0.2, -0.15) is 13.2 Å². The second-order valence-corrected chi connectivity index (χ2v) is 4.00. The molecule has 14 heavy (non-hydrogen) atoms. The van der Waals surface area contributed by atoms with Crippen molar-refractivity contribution < 1.29 is 18.3 Å². The molecule has 0 aliphatic carbocycles. The van der Waals surface area contributed by atoms with Crippen LogP contribution in [0.1, 0.15) is 12.5 Å². The fraction of sp³-hybridized carbons (Fsp3) is 0.333. The fourth-order valence-electron chi connectivity index (χ4n) is 0.955. The Morgan fingerprint density at radius 1 is 1.29 bits per heavy atom. The minimum Gasteiger partial charge on any atom is -0.376 e. The van der Waals surface area contributed by atoms with Crippen molar-refractivity contribution in [1.82, 2.24) is 0 Å². The molecule has 0 aliphatic rings. The van der Waals surface area contributed by atoms with Gasteiger partial charge in [0.25, 0.3) is 0 Å². The molecule has 0 unspecified atom stereocenters. The number of hydrogen-bond acceptors (Lipinski definition) is 1. The van der Waals surface area contributed by atoms with Crippen LogP contribution in [-0.4, -0.2) is 11.3 Å². The van der Waals surface area contributed by atoms with Gasteiger partial charge < -0.3 is 5.11 Å². The summed E-state index contributed by atoms with van der Waals surface area (Å²) in [5.74, 6) is 0. The lowest BCUT2D eigenvalue weighted by Gasteiger charge is -2.26. The molecule has 0 saturated carbocycles. The molecule has 0 fully saturated rings. The Hall–Kier alpha value is -0.550. The van der Waals surface area contributed by atoms with Crippen molar-refractivity contribution in [2.45, 2.75) is 18.7 Å². The summed E-state index contributed by atoms with van der Waals surface area (Å²) in [6, 6.07) is 5.52. The highest BCUT2D eigenvalue weighted by Crippen LogP contribution is 2.38. The Morgan fingerprint density at radius 2 is 1.86 bits per heavy atom. The van der Waals surface area contributed by atoms with E-state index in [1.165, 1.54) is 18.2 Å². The Bertz CT molecular complexity index is 333. The van der Waals surface area contributed by atoms with E-state index in [1.54, 1.807) is 6.07 Å². The number of benzene rings is 1. The van der Waals surface area contributed by atoms with Crippen molar-refractivity contribution >= 4 is 15.9 Å². The Morgan fingerprint density at radius 3 is 2.29 bits per heavy atom. The summed E-state index contributed by atoms with van der Waals surface area (Å²) < 4.78 is 37.7. The van der Waals surface area contributed by atoms with Gasteiger partial charge in [-0.25, -0.2) is 0 Å². The minimum absolute atomic E-state index is 0.181. The molecule has 0 spiro atoms. The number of aliphatic hydroxyl groups is 1. The summed E-state index contributed by atoms with van der Waals surface area (Å²) >= 11 is 3.04. The first kappa shape index (κ1) is 11.5. The number of halogens is 4. The van der Waals surface area contributed by atoms with Crippen LogP contribution in [0.15, 0.2) is 28.7 Å². The van der Waals surface area contributed by atoms with Crippen LogP contribution in [0, 0.1) is 0 Å². The van der Waals surface area contributed by atoms with Gasteiger partial charge in [0.1, 0.15) is 0 Å². The maximum atomic E-state index is 12.4. The molecule has 1 N–H and O–H groups in total. The molecule has 0 radical (unpaired) electrons. The molecule has 1 atom stereocenters. The lowest BCUT2D eigenvalue weighted by Crippen LogP contribution is -2.39. The first-order chi connectivity index (χ1) is 6.25. The SMILES string of the molecule is C[C@](O)(c1cccc(Br)c1)C(F)(F)F. The van der Waals surface area contributed by atoms with Gasteiger partial charge in [0, 0.05) is 4.47 Å². The minimum atomic E-state index is -4.67. The summed E-state index contributed by atoms with van der Waals surface area (Å²) in [5.41, 5.74) is -2.99. The van der Waals surface area contributed by atoms with Crippen LogP contribution in [0.25, 0.3) is 0 Å². The fourth-order valence-corrected chi connectivity index (χ4v) is 1.35. The molecule has 0 aliphatic heterocycles. The maximum Gasteiger partial charge on any atom is 0.421 e. The third-order valence-electron chi connectivity index (χ3n) is 1.94. The quantitative estimate of drug-likeness (QED) is 0.829. The van der Waals surface area contributed by atoms with Gasteiger partial charge >= 0.3 is 6.18 Å². The molecule has 0 heterocycles. The van der Waals surface area contributed by atoms with E-state index in [9.17, 15) is 18.3 Å². The molecular formula is C9H8BrF3O. The van der Waals surface area contributed by atoms with Crippen LogP contribution < -0.4 is 0 Å². The largest absolute Gasteiger partial charge is 0.421 e. The van der Waals surface area contributed by atoms with Gasteiger partial charge in [-0.05, 0) is 24.6 Å². The zero-order valence-corrected chi connectivity index (χ0v) is 8.85. The van der Waals surface area contributed by atoms with Gasteiger partial charge in [0.05, 0.1) is 0 Å². The van der Waals surface area contributed by atoms with Crippen LogP contribution in [0.4, 0.5) is 13.2 Å². The second kappa shape index (κ2) is 3.55. The van der Waals surface area contributed by atoms with E-state index in [-0.39, 0.29) is 5.56 Å². The highest BCUT2D eigenvalue weighted by molar-refractivity contribution is 9.10. The molecular weight excluding hydrogens is 261 g/mol. The van der Waals surface area contributed by atoms with E-state index in [0.717, 1.165) is 6.92 Å². The Balaban J connectivity index is 3.16. The normalized spacial score (nSPS) is 16.4. The van der Waals surface area contributed by atoms with Crippen molar-refractivity contribution in [2.24, 2.45) is 0 Å². The molecule has 1 rings (SSSR count). The van der Waals surface area contributed by atoms with Crippen molar-refractivity contribution in [3.63, 3.8) is 0 Å². The van der Waals surface area contributed by atoms with E-state index in [2.05, 4.69) is 15.9 Å².